The Balaban J connectivity index is 1.19. The molecule has 0 atom stereocenters. The van der Waals surface area contributed by atoms with Gasteiger partial charge in [-0.15, -0.1) is 0 Å². The Morgan fingerprint density at radius 3 is 2.49 bits per heavy atom. The second kappa shape index (κ2) is 13.1. The molecule has 1 saturated carbocycles. The maximum Gasteiger partial charge on any atom is 0.416 e. The molecule has 5 rings (SSSR count). The lowest BCUT2D eigenvalue weighted by atomic mass is 9.81. The fourth-order valence-corrected chi connectivity index (χ4v) is 6.68. The number of carbonyl (C=O) groups excluding carboxylic acids is 3. The zero-order valence-corrected chi connectivity index (χ0v) is 26.7. The van der Waals surface area contributed by atoms with Crippen LogP contribution < -0.4 is 5.32 Å². The van der Waals surface area contributed by atoms with E-state index in [1.165, 1.54) is 21.7 Å². The van der Waals surface area contributed by atoms with E-state index in [4.69, 9.17) is 16.3 Å². The number of imide groups is 1. The number of alkyl carbamates (subject to hydrolysis) is 1. The van der Waals surface area contributed by atoms with E-state index >= 15 is 0 Å². The highest BCUT2D eigenvalue weighted by atomic mass is 35.5. The second-order valence-corrected chi connectivity index (χ2v) is 13.9. The summed E-state index contributed by atoms with van der Waals surface area (Å²) in [5.41, 5.74) is -0.0213. The Kier molecular flexibility index (Phi) is 9.55. The van der Waals surface area contributed by atoms with Gasteiger partial charge in [-0.2, -0.15) is 18.3 Å². The summed E-state index contributed by atoms with van der Waals surface area (Å²) in [6, 6.07) is 8.93. The van der Waals surface area contributed by atoms with Crippen molar-refractivity contribution < 1.29 is 32.3 Å². The smallest absolute Gasteiger partial charge is 0.416 e. The van der Waals surface area contributed by atoms with Gasteiger partial charge in [0, 0.05) is 23.5 Å². The molecule has 13 heteroatoms. The van der Waals surface area contributed by atoms with Gasteiger partial charge in [-0.25, -0.2) is 4.79 Å². The molecule has 0 radical (unpaired) electrons. The molecular formula is C32H34ClF3N4O4S. The van der Waals surface area contributed by atoms with Crippen LogP contribution in [0.5, 0.6) is 0 Å². The summed E-state index contributed by atoms with van der Waals surface area (Å²) in [7, 11) is 0. The van der Waals surface area contributed by atoms with Crippen LogP contribution in [0.2, 0.25) is 5.02 Å². The molecule has 1 aliphatic heterocycles. The SMILES string of the molecule is CC(C)(C)OC(=O)NCC1CCC(CN2C(=O)SC(=Cc3ccc4c(cnn4Cc4ccc(Cl)cc4C(F)(F)F)c3)C2=O)CC1. The van der Waals surface area contributed by atoms with Crippen molar-refractivity contribution in [1.29, 1.82) is 0 Å². The normalized spacial score (nSPS) is 20.3. The van der Waals surface area contributed by atoms with Gasteiger partial charge in [-0.3, -0.25) is 19.2 Å². The number of halogens is 4. The van der Waals surface area contributed by atoms with Crippen molar-refractivity contribution in [1.82, 2.24) is 20.0 Å². The van der Waals surface area contributed by atoms with Crippen molar-refractivity contribution in [2.75, 3.05) is 13.1 Å². The van der Waals surface area contributed by atoms with E-state index in [-0.39, 0.29) is 34.2 Å². The van der Waals surface area contributed by atoms with Gasteiger partial charge in [0.05, 0.1) is 28.7 Å². The summed E-state index contributed by atoms with van der Waals surface area (Å²) < 4.78 is 47.5. The minimum Gasteiger partial charge on any atom is -0.444 e. The van der Waals surface area contributed by atoms with E-state index in [1.807, 2.05) is 20.8 Å². The van der Waals surface area contributed by atoms with E-state index in [0.717, 1.165) is 43.5 Å². The summed E-state index contributed by atoms with van der Waals surface area (Å²) in [4.78, 5) is 39.6. The van der Waals surface area contributed by atoms with Crippen LogP contribution in [0.4, 0.5) is 22.8 Å². The van der Waals surface area contributed by atoms with Crippen LogP contribution in [0.15, 0.2) is 47.5 Å². The second-order valence-electron chi connectivity index (χ2n) is 12.5. The molecule has 240 valence electrons. The number of rotatable bonds is 7. The van der Waals surface area contributed by atoms with Crippen LogP contribution >= 0.6 is 23.4 Å². The summed E-state index contributed by atoms with van der Waals surface area (Å²) in [6.45, 7) is 6.23. The van der Waals surface area contributed by atoms with Gasteiger partial charge in [0.2, 0.25) is 0 Å². The summed E-state index contributed by atoms with van der Waals surface area (Å²) in [6.07, 6.45) is 1.69. The summed E-state index contributed by atoms with van der Waals surface area (Å²) in [5.74, 6) is 0.175. The highest BCUT2D eigenvalue weighted by molar-refractivity contribution is 8.18. The maximum atomic E-state index is 13.6. The number of aromatic nitrogens is 2. The lowest BCUT2D eigenvalue weighted by molar-refractivity contribution is -0.138. The van der Waals surface area contributed by atoms with Gasteiger partial charge >= 0.3 is 12.3 Å². The zero-order valence-electron chi connectivity index (χ0n) is 25.1. The fraction of sp³-hybridized carbons (Fsp3) is 0.438. The third-order valence-electron chi connectivity index (χ3n) is 7.88. The number of ether oxygens (including phenoxy) is 1. The first-order valence-electron chi connectivity index (χ1n) is 14.7. The van der Waals surface area contributed by atoms with Crippen LogP contribution in [-0.4, -0.2) is 50.6 Å². The van der Waals surface area contributed by atoms with E-state index in [2.05, 4.69) is 10.4 Å². The standard InChI is InChI=1S/C32H34ClF3N4O4S/c1-31(2,3)44-29(42)37-15-19-4-6-20(7-5-19)17-39-28(41)27(45-30(39)43)13-21-8-11-26-23(12-21)16-38-40(26)18-22-9-10-24(33)14-25(22)32(34,35)36/h8-14,16,19-20H,4-7,15,17-18H2,1-3H3,(H,37,42). The third kappa shape index (κ3) is 8.21. The first-order valence-corrected chi connectivity index (χ1v) is 15.9. The number of amides is 3. The highest BCUT2D eigenvalue weighted by Crippen LogP contribution is 2.37. The first-order chi connectivity index (χ1) is 21.2. The Hall–Kier alpha value is -3.51. The first kappa shape index (κ1) is 32.9. The Morgan fingerprint density at radius 1 is 1.09 bits per heavy atom. The number of hydrogen-bond acceptors (Lipinski definition) is 6. The van der Waals surface area contributed by atoms with Crippen molar-refractivity contribution >= 4 is 57.6 Å². The van der Waals surface area contributed by atoms with Gasteiger partial charge in [0.15, 0.2) is 0 Å². The van der Waals surface area contributed by atoms with E-state index in [9.17, 15) is 27.6 Å². The van der Waals surface area contributed by atoms with Crippen LogP contribution in [0, 0.1) is 11.8 Å². The van der Waals surface area contributed by atoms with Crippen LogP contribution in [0.3, 0.4) is 0 Å². The number of nitrogens with zero attached hydrogens (tertiary/aromatic N) is 3. The topological polar surface area (TPSA) is 93.5 Å². The van der Waals surface area contributed by atoms with E-state index < -0.39 is 23.4 Å². The highest BCUT2D eigenvalue weighted by Gasteiger charge is 2.37. The molecule has 0 bridgehead atoms. The third-order valence-corrected chi connectivity index (χ3v) is 9.02. The van der Waals surface area contributed by atoms with Crippen molar-refractivity contribution in [2.24, 2.45) is 11.8 Å². The molecule has 2 heterocycles. The monoisotopic (exact) mass is 662 g/mol. The van der Waals surface area contributed by atoms with Crippen LogP contribution in [-0.2, 0) is 22.3 Å². The minimum absolute atomic E-state index is 0.00234. The molecule has 2 aromatic carbocycles. The predicted octanol–water partition coefficient (Wildman–Crippen LogP) is 8.12. The molecule has 0 spiro atoms. The predicted molar refractivity (Wildman–Crippen MR) is 168 cm³/mol. The molecule has 45 heavy (non-hydrogen) atoms. The average molecular weight is 663 g/mol. The molecule has 2 fully saturated rings. The Bertz CT molecular complexity index is 1640. The van der Waals surface area contributed by atoms with E-state index in [0.29, 0.717) is 40.4 Å². The van der Waals surface area contributed by atoms with Crippen molar-refractivity contribution in [3.05, 3.63) is 69.2 Å². The number of carbonyl (C=O) groups is 3. The molecule has 2 aliphatic rings. The minimum atomic E-state index is -4.56. The molecule has 0 unspecified atom stereocenters. The number of hydrogen-bond donors (Lipinski definition) is 1. The lowest BCUT2D eigenvalue weighted by Gasteiger charge is -2.30. The Morgan fingerprint density at radius 2 is 1.80 bits per heavy atom. The molecule has 3 aromatic rings. The van der Waals surface area contributed by atoms with Crippen molar-refractivity contribution in [3.8, 4) is 0 Å². The van der Waals surface area contributed by atoms with Gasteiger partial charge in [0.25, 0.3) is 11.1 Å². The molecule has 1 saturated heterocycles. The number of fused-ring (bicyclic) bond motifs is 1. The van der Waals surface area contributed by atoms with Gasteiger partial charge in [-0.05, 0) is 112 Å². The maximum absolute atomic E-state index is 13.6. The quantitative estimate of drug-likeness (QED) is 0.257. The number of thioether (sulfide) groups is 1. The van der Waals surface area contributed by atoms with Gasteiger partial charge in [-0.1, -0.05) is 23.7 Å². The van der Waals surface area contributed by atoms with Crippen molar-refractivity contribution in [3.63, 3.8) is 0 Å². The molecule has 1 aliphatic carbocycles. The van der Waals surface area contributed by atoms with E-state index in [1.54, 1.807) is 30.5 Å². The molecular weight excluding hydrogens is 629 g/mol. The van der Waals surface area contributed by atoms with Crippen LogP contribution in [0.1, 0.15) is 63.1 Å². The average Bonchev–Trinajstić information content (AvgIpc) is 3.47. The van der Waals surface area contributed by atoms with Crippen LogP contribution in [0.25, 0.3) is 17.0 Å². The number of alkyl halides is 3. The van der Waals surface area contributed by atoms with Gasteiger partial charge < -0.3 is 10.1 Å². The lowest BCUT2D eigenvalue weighted by Crippen LogP contribution is -2.38. The number of benzene rings is 2. The van der Waals surface area contributed by atoms with Crippen molar-refractivity contribution in [2.45, 2.75) is 64.8 Å². The molecule has 3 amide bonds. The molecule has 8 nitrogen and oxygen atoms in total. The molecule has 1 N–H and O–H groups in total. The summed E-state index contributed by atoms with van der Waals surface area (Å²) in [5, 5.41) is 7.50. The molecule has 1 aromatic heterocycles. The summed E-state index contributed by atoms with van der Waals surface area (Å²) >= 11 is 6.71. The Labute approximate surface area is 268 Å². The number of nitrogens with one attached hydrogen (secondary N) is 1. The van der Waals surface area contributed by atoms with Gasteiger partial charge in [0.1, 0.15) is 5.60 Å². The largest absolute Gasteiger partial charge is 0.444 e. The zero-order chi connectivity index (χ0) is 32.5. The fourth-order valence-electron chi connectivity index (χ4n) is 5.66.